The van der Waals surface area contributed by atoms with Gasteiger partial charge in [0.25, 0.3) is 5.69 Å². The first kappa shape index (κ1) is 21.1. The maximum atomic E-state index is 12.3. The number of nitrogens with one attached hydrogen (secondary N) is 2. The van der Waals surface area contributed by atoms with Crippen LogP contribution in [-0.4, -0.2) is 56.4 Å². The number of likely N-dealkylation sites (tertiary alicyclic amines) is 1. The Morgan fingerprint density at radius 2 is 1.96 bits per heavy atom. The summed E-state index contributed by atoms with van der Waals surface area (Å²) in [7, 11) is -2.13. The highest BCUT2D eigenvalue weighted by molar-refractivity contribution is 7.89. The van der Waals surface area contributed by atoms with Gasteiger partial charge < -0.3 is 10.2 Å². The van der Waals surface area contributed by atoms with Crippen LogP contribution in [0.1, 0.15) is 27.7 Å². The van der Waals surface area contributed by atoms with Gasteiger partial charge in [0.2, 0.25) is 10.0 Å². The minimum atomic E-state index is -3.82. The number of nitro benzene ring substituents is 1. The molecular weight excluding hydrogens is 370 g/mol. The van der Waals surface area contributed by atoms with Gasteiger partial charge in [-0.05, 0) is 19.9 Å². The highest BCUT2D eigenvalue weighted by atomic mass is 32.2. The molecule has 1 aromatic carbocycles. The summed E-state index contributed by atoms with van der Waals surface area (Å²) in [4.78, 5) is 16.5. The molecule has 0 spiro atoms. The summed E-state index contributed by atoms with van der Waals surface area (Å²) in [6.07, 6.45) is 0. The fourth-order valence-corrected chi connectivity index (χ4v) is 3.97. The third kappa shape index (κ3) is 4.22. The van der Waals surface area contributed by atoms with Crippen molar-refractivity contribution in [1.29, 1.82) is 0 Å². The van der Waals surface area contributed by atoms with E-state index in [2.05, 4.69) is 47.6 Å². The third-order valence-electron chi connectivity index (χ3n) is 5.39. The van der Waals surface area contributed by atoms with Gasteiger partial charge in [0, 0.05) is 49.8 Å². The Hall–Kier alpha value is -2.20. The van der Waals surface area contributed by atoms with Crippen LogP contribution in [0.15, 0.2) is 34.2 Å². The normalized spacial score (nSPS) is 18.7. The lowest BCUT2D eigenvalue weighted by Crippen LogP contribution is -2.72. The van der Waals surface area contributed by atoms with Crippen molar-refractivity contribution in [2.45, 2.75) is 38.1 Å². The number of benzene rings is 1. The molecule has 1 saturated heterocycles. The number of nitro groups is 1. The van der Waals surface area contributed by atoms with E-state index in [0.29, 0.717) is 12.5 Å². The van der Waals surface area contributed by atoms with Crippen molar-refractivity contribution in [3.05, 3.63) is 34.4 Å². The minimum Gasteiger partial charge on any atom is -0.355 e. The number of nitrogens with zero attached hydrogens (tertiary/aromatic N) is 3. The summed E-state index contributed by atoms with van der Waals surface area (Å²) in [6, 6.07) is 4.97. The average molecular weight is 398 g/mol. The zero-order valence-corrected chi connectivity index (χ0v) is 17.1. The predicted molar refractivity (Wildman–Crippen MR) is 104 cm³/mol. The minimum absolute atomic E-state index is 0.0582. The molecule has 0 radical (unpaired) electrons. The highest BCUT2D eigenvalue weighted by Crippen LogP contribution is 2.46. The van der Waals surface area contributed by atoms with Crippen molar-refractivity contribution in [2.75, 3.05) is 26.7 Å². The van der Waals surface area contributed by atoms with E-state index in [0.717, 1.165) is 12.6 Å². The predicted octanol–water partition coefficient (Wildman–Crippen LogP) is 1.57. The number of guanidine groups is 1. The number of aliphatic imine (C=N–C) groups is 1. The monoisotopic (exact) mass is 397 g/mol. The van der Waals surface area contributed by atoms with Gasteiger partial charge in [-0.3, -0.25) is 15.1 Å². The second-order valence-corrected chi connectivity index (χ2v) is 9.42. The molecule has 0 bridgehead atoms. The molecule has 0 atom stereocenters. The Kier molecular flexibility index (Phi) is 5.81. The topological polar surface area (TPSA) is 117 Å². The standard InChI is InChI=1S/C17H27N5O4S/c1-16(2)12-21(17(16,3)4)15(18-5)19-9-10-20-27(25,26)14-8-6-7-13(11-14)22(23)24/h6-8,11,20H,9-10,12H2,1-5H3,(H,18,19). The number of sulfonamides is 1. The Labute approximate surface area is 160 Å². The summed E-state index contributed by atoms with van der Waals surface area (Å²) in [6.45, 7) is 10.0. The van der Waals surface area contributed by atoms with Crippen molar-refractivity contribution in [3.8, 4) is 0 Å². The maximum absolute atomic E-state index is 12.3. The molecule has 2 N–H and O–H groups in total. The Balaban J connectivity index is 1.92. The van der Waals surface area contributed by atoms with Gasteiger partial charge in [-0.2, -0.15) is 0 Å². The first-order chi connectivity index (χ1) is 12.4. The average Bonchev–Trinajstić information content (AvgIpc) is 2.60. The fraction of sp³-hybridized carbons (Fsp3) is 0.588. The first-order valence-corrected chi connectivity index (χ1v) is 10.1. The largest absolute Gasteiger partial charge is 0.355 e. The molecule has 9 nitrogen and oxygen atoms in total. The SMILES string of the molecule is CN=C(NCCNS(=O)(=O)c1cccc([N+](=O)[O-])c1)N1CC(C)(C)C1(C)C. The van der Waals surface area contributed by atoms with E-state index in [1.807, 2.05) is 0 Å². The molecule has 1 fully saturated rings. The molecule has 0 unspecified atom stereocenters. The van der Waals surface area contributed by atoms with Crippen molar-refractivity contribution in [3.63, 3.8) is 0 Å². The van der Waals surface area contributed by atoms with E-state index in [9.17, 15) is 18.5 Å². The Bertz CT molecular complexity index is 849. The lowest BCUT2D eigenvalue weighted by molar-refractivity contribution is -0.385. The molecule has 0 saturated carbocycles. The van der Waals surface area contributed by atoms with E-state index in [4.69, 9.17) is 0 Å². The molecule has 0 aromatic heterocycles. The van der Waals surface area contributed by atoms with Crippen molar-refractivity contribution in [1.82, 2.24) is 14.9 Å². The van der Waals surface area contributed by atoms with Gasteiger partial charge in [0.15, 0.2) is 5.96 Å². The van der Waals surface area contributed by atoms with Crippen LogP contribution in [0.2, 0.25) is 0 Å². The van der Waals surface area contributed by atoms with E-state index < -0.39 is 14.9 Å². The second-order valence-electron chi connectivity index (χ2n) is 7.66. The molecule has 10 heteroatoms. The van der Waals surface area contributed by atoms with E-state index in [1.165, 1.54) is 18.2 Å². The van der Waals surface area contributed by atoms with Gasteiger partial charge in [0.05, 0.1) is 9.82 Å². The molecule has 2 rings (SSSR count). The lowest BCUT2D eigenvalue weighted by atomic mass is 9.65. The van der Waals surface area contributed by atoms with Crippen LogP contribution in [0.25, 0.3) is 0 Å². The molecule has 0 aliphatic carbocycles. The van der Waals surface area contributed by atoms with Crippen molar-refractivity contribution >= 4 is 21.7 Å². The molecule has 1 aromatic rings. The lowest BCUT2D eigenvalue weighted by Gasteiger charge is -2.62. The number of hydrogen-bond acceptors (Lipinski definition) is 5. The van der Waals surface area contributed by atoms with Crippen LogP contribution >= 0.6 is 0 Å². The van der Waals surface area contributed by atoms with E-state index >= 15 is 0 Å². The van der Waals surface area contributed by atoms with E-state index in [1.54, 1.807) is 7.05 Å². The summed E-state index contributed by atoms with van der Waals surface area (Å²) >= 11 is 0. The smallest absolute Gasteiger partial charge is 0.270 e. The van der Waals surface area contributed by atoms with Crippen molar-refractivity contribution < 1.29 is 13.3 Å². The van der Waals surface area contributed by atoms with Crippen LogP contribution in [0.3, 0.4) is 0 Å². The van der Waals surface area contributed by atoms with E-state index in [-0.39, 0.29) is 28.1 Å². The number of rotatable bonds is 6. The van der Waals surface area contributed by atoms with Crippen LogP contribution < -0.4 is 10.0 Å². The van der Waals surface area contributed by atoms with Gasteiger partial charge >= 0.3 is 0 Å². The van der Waals surface area contributed by atoms with Gasteiger partial charge in [-0.25, -0.2) is 13.1 Å². The molecule has 1 aliphatic heterocycles. The number of hydrogen-bond donors (Lipinski definition) is 2. The molecule has 27 heavy (non-hydrogen) atoms. The summed E-state index contributed by atoms with van der Waals surface area (Å²) < 4.78 is 27.1. The molecule has 0 amide bonds. The summed E-state index contributed by atoms with van der Waals surface area (Å²) in [5, 5.41) is 14.0. The maximum Gasteiger partial charge on any atom is 0.270 e. The first-order valence-electron chi connectivity index (χ1n) is 8.65. The Morgan fingerprint density at radius 3 is 2.48 bits per heavy atom. The quantitative estimate of drug-likeness (QED) is 0.247. The van der Waals surface area contributed by atoms with Gasteiger partial charge in [0.1, 0.15) is 0 Å². The Morgan fingerprint density at radius 1 is 1.30 bits per heavy atom. The van der Waals surface area contributed by atoms with Crippen LogP contribution in [0, 0.1) is 15.5 Å². The van der Waals surface area contributed by atoms with Gasteiger partial charge in [-0.1, -0.05) is 19.9 Å². The van der Waals surface area contributed by atoms with Crippen LogP contribution in [-0.2, 0) is 10.0 Å². The van der Waals surface area contributed by atoms with Crippen LogP contribution in [0.5, 0.6) is 0 Å². The van der Waals surface area contributed by atoms with Crippen LogP contribution in [0.4, 0.5) is 5.69 Å². The number of non-ortho nitro benzene ring substituents is 1. The zero-order chi connectivity index (χ0) is 20.5. The molecule has 1 aliphatic rings. The van der Waals surface area contributed by atoms with Gasteiger partial charge in [-0.15, -0.1) is 0 Å². The second kappa shape index (κ2) is 7.43. The van der Waals surface area contributed by atoms with Crippen molar-refractivity contribution in [2.24, 2.45) is 10.4 Å². The summed E-state index contributed by atoms with van der Waals surface area (Å²) in [5.41, 5.74) is -0.162. The summed E-state index contributed by atoms with van der Waals surface area (Å²) in [5.74, 6) is 0.717. The molecule has 150 valence electrons. The highest BCUT2D eigenvalue weighted by Gasteiger charge is 2.53. The third-order valence-corrected chi connectivity index (χ3v) is 6.85. The fourth-order valence-electron chi connectivity index (χ4n) is 2.90. The molecular formula is C17H27N5O4S. The zero-order valence-electron chi connectivity index (χ0n) is 16.3. The molecule has 1 heterocycles.